The molecule has 1 heterocycles. The van der Waals surface area contributed by atoms with E-state index in [0.717, 1.165) is 30.3 Å². The lowest BCUT2D eigenvalue weighted by Crippen LogP contribution is -1.94. The second-order valence-corrected chi connectivity index (χ2v) is 2.86. The highest BCUT2D eigenvalue weighted by Gasteiger charge is 2.13. The Morgan fingerprint density at radius 1 is 1.20 bits per heavy atom. The van der Waals surface area contributed by atoms with Crippen molar-refractivity contribution in [3.8, 4) is 17.2 Å². The molecule has 1 aliphatic rings. The molecule has 0 aliphatic carbocycles. The van der Waals surface area contributed by atoms with Crippen molar-refractivity contribution in [1.29, 1.82) is 0 Å². The van der Waals surface area contributed by atoms with Crippen LogP contribution in [0.25, 0.3) is 0 Å². The molecular formula is C12H18O3. The van der Waals surface area contributed by atoms with Crippen molar-refractivity contribution in [1.82, 2.24) is 0 Å². The van der Waals surface area contributed by atoms with Gasteiger partial charge in [0.25, 0.3) is 0 Å². The molecule has 0 aromatic heterocycles. The SMILES string of the molecule is CC.CCCOc1ccc2c(c1)OCO2. The molecule has 0 saturated heterocycles. The Kier molecular flexibility index (Phi) is 4.81. The molecule has 0 atom stereocenters. The molecule has 1 aliphatic heterocycles. The molecule has 15 heavy (non-hydrogen) atoms. The number of rotatable bonds is 3. The van der Waals surface area contributed by atoms with Crippen LogP contribution < -0.4 is 14.2 Å². The molecule has 0 amide bonds. The molecule has 1 aromatic rings. The van der Waals surface area contributed by atoms with E-state index >= 15 is 0 Å². The highest BCUT2D eigenvalue weighted by molar-refractivity contribution is 5.46. The molecule has 3 nitrogen and oxygen atoms in total. The van der Waals surface area contributed by atoms with Gasteiger partial charge in [-0.3, -0.25) is 0 Å². The lowest BCUT2D eigenvalue weighted by atomic mass is 10.3. The predicted molar refractivity (Wildman–Crippen MR) is 59.7 cm³/mol. The third kappa shape index (κ3) is 3.05. The van der Waals surface area contributed by atoms with E-state index in [4.69, 9.17) is 14.2 Å². The first-order chi connectivity index (χ1) is 7.40. The molecule has 3 heteroatoms. The highest BCUT2D eigenvalue weighted by atomic mass is 16.7. The summed E-state index contributed by atoms with van der Waals surface area (Å²) < 4.78 is 15.8. The van der Waals surface area contributed by atoms with E-state index in [9.17, 15) is 0 Å². The van der Waals surface area contributed by atoms with E-state index in [1.807, 2.05) is 32.0 Å². The Balaban J connectivity index is 0.000000531. The summed E-state index contributed by atoms with van der Waals surface area (Å²) in [4.78, 5) is 0. The first-order valence-electron chi connectivity index (χ1n) is 5.42. The van der Waals surface area contributed by atoms with Gasteiger partial charge < -0.3 is 14.2 Å². The van der Waals surface area contributed by atoms with Gasteiger partial charge in [-0.05, 0) is 18.6 Å². The summed E-state index contributed by atoms with van der Waals surface area (Å²) in [7, 11) is 0. The van der Waals surface area contributed by atoms with Crippen molar-refractivity contribution in [2.24, 2.45) is 0 Å². The van der Waals surface area contributed by atoms with E-state index in [-0.39, 0.29) is 0 Å². The molecule has 1 aromatic carbocycles. The van der Waals surface area contributed by atoms with E-state index in [2.05, 4.69) is 6.92 Å². The predicted octanol–water partition coefficient (Wildman–Crippen LogP) is 3.23. The van der Waals surface area contributed by atoms with Crippen LogP contribution >= 0.6 is 0 Å². The van der Waals surface area contributed by atoms with Gasteiger partial charge in [0.05, 0.1) is 6.61 Å². The minimum atomic E-state index is 0.312. The van der Waals surface area contributed by atoms with Gasteiger partial charge in [0.1, 0.15) is 5.75 Å². The second kappa shape index (κ2) is 6.17. The van der Waals surface area contributed by atoms with Gasteiger partial charge in [0.2, 0.25) is 6.79 Å². The zero-order chi connectivity index (χ0) is 11.1. The fraction of sp³-hybridized carbons (Fsp3) is 0.500. The minimum Gasteiger partial charge on any atom is -0.493 e. The first-order valence-corrected chi connectivity index (χ1v) is 5.42. The fourth-order valence-electron chi connectivity index (χ4n) is 1.19. The summed E-state index contributed by atoms with van der Waals surface area (Å²) in [6.45, 7) is 7.12. The normalized spacial score (nSPS) is 11.7. The van der Waals surface area contributed by atoms with Crippen molar-refractivity contribution >= 4 is 0 Å². The van der Waals surface area contributed by atoms with Gasteiger partial charge in [-0.25, -0.2) is 0 Å². The van der Waals surface area contributed by atoms with E-state index in [1.54, 1.807) is 0 Å². The number of hydrogen-bond donors (Lipinski definition) is 0. The Morgan fingerprint density at radius 2 is 1.93 bits per heavy atom. The molecule has 0 N–H and O–H groups in total. The Morgan fingerprint density at radius 3 is 2.67 bits per heavy atom. The summed E-state index contributed by atoms with van der Waals surface area (Å²) in [5, 5.41) is 0. The third-order valence-corrected chi connectivity index (χ3v) is 1.82. The van der Waals surface area contributed by atoms with Crippen LogP contribution in [0.4, 0.5) is 0 Å². The van der Waals surface area contributed by atoms with Crippen LogP contribution in [0.3, 0.4) is 0 Å². The molecular weight excluding hydrogens is 192 g/mol. The lowest BCUT2D eigenvalue weighted by molar-refractivity contribution is 0.173. The maximum absolute atomic E-state index is 5.44. The smallest absolute Gasteiger partial charge is 0.231 e. The van der Waals surface area contributed by atoms with Crippen LogP contribution in [0.15, 0.2) is 18.2 Å². The number of fused-ring (bicyclic) bond motifs is 1. The van der Waals surface area contributed by atoms with Crippen LogP contribution in [-0.4, -0.2) is 13.4 Å². The lowest BCUT2D eigenvalue weighted by Gasteiger charge is -2.04. The third-order valence-electron chi connectivity index (χ3n) is 1.82. The van der Waals surface area contributed by atoms with Crippen molar-refractivity contribution in [2.75, 3.05) is 13.4 Å². The highest BCUT2D eigenvalue weighted by Crippen LogP contribution is 2.34. The zero-order valence-electron chi connectivity index (χ0n) is 9.58. The van der Waals surface area contributed by atoms with Gasteiger partial charge in [0.15, 0.2) is 11.5 Å². The fourth-order valence-corrected chi connectivity index (χ4v) is 1.19. The average Bonchev–Trinajstić information content (AvgIpc) is 2.76. The largest absolute Gasteiger partial charge is 0.493 e. The van der Waals surface area contributed by atoms with Gasteiger partial charge >= 0.3 is 0 Å². The molecule has 0 bridgehead atoms. The maximum Gasteiger partial charge on any atom is 0.231 e. The monoisotopic (exact) mass is 210 g/mol. The number of ether oxygens (including phenoxy) is 3. The van der Waals surface area contributed by atoms with Crippen LogP contribution in [0.2, 0.25) is 0 Å². The van der Waals surface area contributed by atoms with E-state index < -0.39 is 0 Å². The summed E-state index contributed by atoms with van der Waals surface area (Å²) >= 11 is 0. The van der Waals surface area contributed by atoms with E-state index in [1.165, 1.54) is 0 Å². The van der Waals surface area contributed by atoms with Crippen molar-refractivity contribution in [3.63, 3.8) is 0 Å². The Hall–Kier alpha value is -1.38. The molecule has 2 rings (SSSR count). The number of benzene rings is 1. The second-order valence-electron chi connectivity index (χ2n) is 2.86. The zero-order valence-corrected chi connectivity index (χ0v) is 9.58. The summed E-state index contributed by atoms with van der Waals surface area (Å²) in [5.41, 5.74) is 0. The molecule has 0 fully saturated rings. The molecule has 0 unspecified atom stereocenters. The van der Waals surface area contributed by atoms with Crippen LogP contribution in [-0.2, 0) is 0 Å². The first kappa shape index (κ1) is 11.7. The molecule has 84 valence electrons. The van der Waals surface area contributed by atoms with Gasteiger partial charge in [0, 0.05) is 6.07 Å². The van der Waals surface area contributed by atoms with E-state index in [0.29, 0.717) is 6.79 Å². The van der Waals surface area contributed by atoms with Gasteiger partial charge in [-0.2, -0.15) is 0 Å². The summed E-state index contributed by atoms with van der Waals surface area (Å²) in [6.07, 6.45) is 1.01. The van der Waals surface area contributed by atoms with Crippen LogP contribution in [0, 0.1) is 0 Å². The van der Waals surface area contributed by atoms with Crippen molar-refractivity contribution < 1.29 is 14.2 Å². The maximum atomic E-state index is 5.44. The standard InChI is InChI=1S/C10H12O3.C2H6/c1-2-5-11-8-3-4-9-10(6-8)13-7-12-9;1-2/h3-4,6H,2,5,7H2,1H3;1-2H3. The topological polar surface area (TPSA) is 27.7 Å². The summed E-state index contributed by atoms with van der Waals surface area (Å²) in [6, 6.07) is 5.62. The molecule has 0 radical (unpaired) electrons. The molecule has 0 spiro atoms. The summed E-state index contributed by atoms with van der Waals surface area (Å²) in [5.74, 6) is 2.41. The van der Waals surface area contributed by atoms with Gasteiger partial charge in [-0.1, -0.05) is 20.8 Å². The number of hydrogen-bond acceptors (Lipinski definition) is 3. The van der Waals surface area contributed by atoms with Gasteiger partial charge in [-0.15, -0.1) is 0 Å². The van der Waals surface area contributed by atoms with Crippen molar-refractivity contribution in [2.45, 2.75) is 27.2 Å². The molecule has 0 saturated carbocycles. The Bertz CT molecular complexity index is 297. The van der Waals surface area contributed by atoms with Crippen molar-refractivity contribution in [3.05, 3.63) is 18.2 Å². The minimum absolute atomic E-state index is 0.312. The van der Waals surface area contributed by atoms with Crippen LogP contribution in [0.5, 0.6) is 17.2 Å². The van der Waals surface area contributed by atoms with Crippen LogP contribution in [0.1, 0.15) is 27.2 Å². The quantitative estimate of drug-likeness (QED) is 0.766. The average molecular weight is 210 g/mol. The Labute approximate surface area is 91.0 Å².